The highest BCUT2D eigenvalue weighted by Gasteiger charge is 2.59. The van der Waals surface area contributed by atoms with Crippen LogP contribution in [0.4, 0.5) is 0 Å². The Morgan fingerprint density at radius 3 is 2.33 bits per heavy atom. The third-order valence-electron chi connectivity index (χ3n) is 2.35. The molecule has 6 heavy (non-hydrogen) atoms. The van der Waals surface area contributed by atoms with E-state index in [9.17, 15) is 0 Å². The van der Waals surface area contributed by atoms with Crippen LogP contribution in [0.2, 0.25) is 0 Å². The van der Waals surface area contributed by atoms with Crippen molar-refractivity contribution >= 4 is 0 Å². The Hall–Kier alpha value is -0.0400. The van der Waals surface area contributed by atoms with Gasteiger partial charge in [0.2, 0.25) is 0 Å². The van der Waals surface area contributed by atoms with Crippen LogP contribution in [0.1, 0.15) is 6.42 Å². The van der Waals surface area contributed by atoms with Gasteiger partial charge in [-0.1, -0.05) is 0 Å². The maximum atomic E-state index is 2.34. The van der Waals surface area contributed by atoms with Crippen molar-refractivity contribution < 1.29 is 4.48 Å². The molecule has 0 aromatic carbocycles. The summed E-state index contributed by atoms with van der Waals surface area (Å²) in [6.07, 6.45) is 1.51. The second kappa shape index (κ2) is 0.544. The van der Waals surface area contributed by atoms with Gasteiger partial charge in [0.1, 0.15) is 12.6 Å². The summed E-state index contributed by atoms with van der Waals surface area (Å²) in [5.74, 6) is 0. The van der Waals surface area contributed by atoms with Crippen molar-refractivity contribution in [2.75, 3.05) is 20.1 Å². The van der Waals surface area contributed by atoms with Gasteiger partial charge in [0, 0.05) is 0 Å². The normalized spacial score (nSPS) is 62.5. The zero-order valence-electron chi connectivity index (χ0n) is 4.15. The molecular formula is C5H10N+. The number of rotatable bonds is 0. The Kier molecular flexibility index (Phi) is 0.274. The number of likely N-dealkylation sites (N-methyl/N-ethyl adjacent to an activating group) is 1. The topological polar surface area (TPSA) is 0 Å². The minimum Gasteiger partial charge on any atom is -0.314 e. The van der Waals surface area contributed by atoms with Gasteiger partial charge in [0.25, 0.3) is 0 Å². The van der Waals surface area contributed by atoms with Crippen molar-refractivity contribution in [3.63, 3.8) is 0 Å². The van der Waals surface area contributed by atoms with Gasteiger partial charge >= 0.3 is 0 Å². The lowest BCUT2D eigenvalue weighted by molar-refractivity contribution is -0.826. The number of quaternary nitrogens is 1. The van der Waals surface area contributed by atoms with Crippen molar-refractivity contribution in [3.8, 4) is 0 Å². The van der Waals surface area contributed by atoms with Gasteiger partial charge in [-0.15, -0.1) is 0 Å². The Morgan fingerprint density at radius 1 is 1.67 bits per heavy atom. The molecule has 1 heteroatoms. The lowest BCUT2D eigenvalue weighted by Gasteiger charge is -2.20. The van der Waals surface area contributed by atoms with Crippen molar-refractivity contribution in [1.82, 2.24) is 0 Å². The summed E-state index contributed by atoms with van der Waals surface area (Å²) < 4.78 is 1.42. The van der Waals surface area contributed by atoms with Crippen LogP contribution in [-0.4, -0.2) is 30.7 Å². The summed E-state index contributed by atoms with van der Waals surface area (Å²) in [6, 6.07) is 1.12. The molecule has 1 nitrogen and oxygen atoms in total. The molecule has 2 aliphatic rings. The van der Waals surface area contributed by atoms with E-state index < -0.39 is 0 Å². The lowest BCUT2D eigenvalue weighted by atomic mass is 10.2. The molecule has 34 valence electrons. The average Bonchev–Trinajstić information content (AvgIpc) is 1.88. The third kappa shape index (κ3) is 0.155. The van der Waals surface area contributed by atoms with Gasteiger partial charge in [-0.05, 0) is 0 Å². The highest BCUT2D eigenvalue weighted by molar-refractivity contribution is 4.81. The molecular weight excluding hydrogens is 74.1 g/mol. The van der Waals surface area contributed by atoms with Crippen molar-refractivity contribution in [2.45, 2.75) is 12.5 Å². The summed E-state index contributed by atoms with van der Waals surface area (Å²) in [7, 11) is 2.34. The van der Waals surface area contributed by atoms with Gasteiger partial charge in [0.15, 0.2) is 0 Å². The summed E-state index contributed by atoms with van der Waals surface area (Å²) in [6.45, 7) is 2.95. The van der Waals surface area contributed by atoms with E-state index in [1.54, 1.807) is 0 Å². The van der Waals surface area contributed by atoms with E-state index in [-0.39, 0.29) is 0 Å². The molecule has 2 rings (SSSR count). The van der Waals surface area contributed by atoms with Gasteiger partial charge in [0.05, 0.1) is 20.0 Å². The van der Waals surface area contributed by atoms with E-state index >= 15 is 0 Å². The fourth-order valence-corrected chi connectivity index (χ4v) is 1.37. The molecule has 0 spiro atoms. The van der Waals surface area contributed by atoms with Gasteiger partial charge in [-0.25, -0.2) is 0 Å². The first kappa shape index (κ1) is 3.03. The zero-order valence-corrected chi connectivity index (χ0v) is 4.15. The highest BCUT2D eigenvalue weighted by Crippen LogP contribution is 2.40. The zero-order chi connectivity index (χ0) is 4.20. The molecule has 0 radical (unpaired) electrons. The molecule has 0 bridgehead atoms. The SMILES string of the molecule is C[N+]12CCC1C2. The maximum Gasteiger partial charge on any atom is 0.144 e. The number of nitrogens with zero attached hydrogens (tertiary/aromatic N) is 1. The maximum absolute atomic E-state index is 2.34. The smallest absolute Gasteiger partial charge is 0.144 e. The average molecular weight is 84.1 g/mol. The first-order valence-corrected chi connectivity index (χ1v) is 2.65. The van der Waals surface area contributed by atoms with E-state index in [1.165, 1.54) is 24.0 Å². The van der Waals surface area contributed by atoms with Gasteiger partial charge in [-0.3, -0.25) is 0 Å². The second-order valence-corrected chi connectivity index (χ2v) is 2.83. The predicted molar refractivity (Wildman–Crippen MR) is 24.3 cm³/mol. The Labute approximate surface area is 38.2 Å². The molecule has 0 amide bonds. The summed E-state index contributed by atoms with van der Waals surface area (Å²) in [5, 5.41) is 0. The van der Waals surface area contributed by atoms with E-state index in [1.807, 2.05) is 0 Å². The van der Waals surface area contributed by atoms with Crippen molar-refractivity contribution in [3.05, 3.63) is 0 Å². The van der Waals surface area contributed by atoms with E-state index in [0.717, 1.165) is 6.04 Å². The lowest BCUT2D eigenvalue weighted by Crippen LogP contribution is -2.34. The van der Waals surface area contributed by atoms with Crippen LogP contribution in [0.15, 0.2) is 0 Å². The van der Waals surface area contributed by atoms with E-state index in [0.29, 0.717) is 0 Å². The van der Waals surface area contributed by atoms with Crippen LogP contribution in [0, 0.1) is 0 Å². The summed E-state index contributed by atoms with van der Waals surface area (Å²) >= 11 is 0. The molecule has 2 fully saturated rings. The summed E-state index contributed by atoms with van der Waals surface area (Å²) in [5.41, 5.74) is 0. The molecule has 0 N–H and O–H groups in total. The van der Waals surface area contributed by atoms with Gasteiger partial charge < -0.3 is 4.48 Å². The largest absolute Gasteiger partial charge is 0.314 e. The molecule has 0 aliphatic carbocycles. The quantitative estimate of drug-likeness (QED) is 0.291. The van der Waals surface area contributed by atoms with Crippen LogP contribution in [-0.2, 0) is 0 Å². The molecule has 2 aliphatic heterocycles. The number of hydrogen-bond acceptors (Lipinski definition) is 0. The number of fused-ring (bicyclic) bond motifs is 1. The number of hydrogen-bond donors (Lipinski definition) is 0. The fraction of sp³-hybridized carbons (Fsp3) is 1.00. The summed E-state index contributed by atoms with van der Waals surface area (Å²) in [4.78, 5) is 0. The Balaban J connectivity index is 2.22. The van der Waals surface area contributed by atoms with E-state index in [2.05, 4.69) is 7.05 Å². The molecule has 2 atom stereocenters. The highest BCUT2D eigenvalue weighted by atomic mass is 15.5. The third-order valence-corrected chi connectivity index (χ3v) is 2.35. The molecule has 0 aromatic rings. The molecule has 2 heterocycles. The van der Waals surface area contributed by atoms with Crippen LogP contribution < -0.4 is 0 Å². The minimum atomic E-state index is 1.12. The van der Waals surface area contributed by atoms with Crippen LogP contribution in [0.5, 0.6) is 0 Å². The first-order chi connectivity index (χ1) is 2.81. The molecule has 0 aromatic heterocycles. The van der Waals surface area contributed by atoms with Crippen LogP contribution in [0.25, 0.3) is 0 Å². The standard InChI is InChI=1S/C5H10N/c1-6-3-2-5(6)4-6/h5H,2-4H2,1H3/q+1. The fourth-order valence-electron chi connectivity index (χ4n) is 1.37. The van der Waals surface area contributed by atoms with Crippen LogP contribution >= 0.6 is 0 Å². The minimum absolute atomic E-state index is 1.12. The Morgan fingerprint density at radius 2 is 2.33 bits per heavy atom. The second-order valence-electron chi connectivity index (χ2n) is 2.83. The first-order valence-electron chi connectivity index (χ1n) is 2.65. The predicted octanol–water partition coefficient (Wildman–Crippen LogP) is 0.219. The van der Waals surface area contributed by atoms with Crippen molar-refractivity contribution in [1.29, 1.82) is 0 Å². The molecule has 2 unspecified atom stereocenters. The van der Waals surface area contributed by atoms with Crippen molar-refractivity contribution in [2.24, 2.45) is 0 Å². The van der Waals surface area contributed by atoms with E-state index in [4.69, 9.17) is 0 Å². The molecule has 2 saturated heterocycles. The monoisotopic (exact) mass is 84.1 g/mol. The van der Waals surface area contributed by atoms with Gasteiger partial charge in [-0.2, -0.15) is 0 Å². The Bertz CT molecular complexity index is 85.9. The molecule has 0 saturated carbocycles. The van der Waals surface area contributed by atoms with Crippen LogP contribution in [0.3, 0.4) is 0 Å².